The maximum absolute atomic E-state index is 12.7. The first-order chi connectivity index (χ1) is 12.8. The summed E-state index contributed by atoms with van der Waals surface area (Å²) < 4.78 is 12.2. The number of amides is 1. The van der Waals surface area contributed by atoms with Gasteiger partial charge in [-0.3, -0.25) is 4.79 Å². The zero-order valence-electron chi connectivity index (χ0n) is 15.3. The summed E-state index contributed by atoms with van der Waals surface area (Å²) in [6.07, 6.45) is 0. The lowest BCUT2D eigenvalue weighted by Crippen LogP contribution is -2.42. The van der Waals surface area contributed by atoms with Crippen molar-refractivity contribution in [2.45, 2.75) is 19.4 Å². The summed E-state index contributed by atoms with van der Waals surface area (Å²) in [6.45, 7) is 6.45. The molecule has 1 aliphatic heterocycles. The predicted octanol–water partition coefficient (Wildman–Crippen LogP) is 4.74. The molecule has 0 unspecified atom stereocenters. The van der Waals surface area contributed by atoms with Crippen molar-refractivity contribution in [1.82, 2.24) is 0 Å². The van der Waals surface area contributed by atoms with Gasteiger partial charge in [0.1, 0.15) is 5.75 Å². The Labute approximate surface area is 172 Å². The Hall–Kier alpha value is -1.76. The van der Waals surface area contributed by atoms with Gasteiger partial charge in [0.15, 0.2) is 5.60 Å². The smallest absolute Gasteiger partial charge is 0.267 e. The molecule has 3 rings (SSSR count). The van der Waals surface area contributed by atoms with Crippen LogP contribution in [0.5, 0.6) is 5.75 Å². The summed E-state index contributed by atoms with van der Waals surface area (Å²) in [7, 11) is 0. The second-order valence-electron chi connectivity index (χ2n) is 6.79. The quantitative estimate of drug-likeness (QED) is 0.711. The topological polar surface area (TPSA) is 50.8 Å². The molecular weight excluding hydrogens is 432 g/mol. The van der Waals surface area contributed by atoms with E-state index in [1.54, 1.807) is 19.9 Å². The molecule has 0 aromatic heterocycles. The van der Waals surface area contributed by atoms with E-state index in [1.807, 2.05) is 36.4 Å². The number of hydrogen-bond donors (Lipinski definition) is 1. The number of carbonyl (C=O) groups is 1. The van der Waals surface area contributed by atoms with E-state index in [-0.39, 0.29) is 5.91 Å². The molecular formula is C20H22BrClN2O3. The summed E-state index contributed by atoms with van der Waals surface area (Å²) in [5.74, 6) is 0.375. The summed E-state index contributed by atoms with van der Waals surface area (Å²) >= 11 is 9.82. The SMILES string of the molecule is CC(C)(Oc1ccc(Br)cc1)C(=O)Nc1ccc(N2CCOCC2)c(Cl)c1. The Morgan fingerprint density at radius 2 is 1.85 bits per heavy atom. The number of anilines is 2. The first-order valence-electron chi connectivity index (χ1n) is 8.73. The van der Waals surface area contributed by atoms with Crippen molar-refractivity contribution < 1.29 is 14.3 Å². The highest BCUT2D eigenvalue weighted by molar-refractivity contribution is 9.10. The predicted molar refractivity (Wildman–Crippen MR) is 112 cm³/mol. The maximum Gasteiger partial charge on any atom is 0.267 e. The second kappa shape index (κ2) is 8.50. The van der Waals surface area contributed by atoms with E-state index in [4.69, 9.17) is 21.1 Å². The molecule has 7 heteroatoms. The molecule has 0 radical (unpaired) electrons. The van der Waals surface area contributed by atoms with Gasteiger partial charge >= 0.3 is 0 Å². The third kappa shape index (κ3) is 5.15. The van der Waals surface area contributed by atoms with Gasteiger partial charge in [0.05, 0.1) is 23.9 Å². The number of benzene rings is 2. The van der Waals surface area contributed by atoms with Gasteiger partial charge in [0, 0.05) is 23.2 Å². The van der Waals surface area contributed by atoms with Crippen molar-refractivity contribution in [3.8, 4) is 5.75 Å². The van der Waals surface area contributed by atoms with Crippen molar-refractivity contribution in [3.63, 3.8) is 0 Å². The van der Waals surface area contributed by atoms with Gasteiger partial charge in [-0.15, -0.1) is 0 Å². The van der Waals surface area contributed by atoms with Crippen LogP contribution in [-0.4, -0.2) is 37.8 Å². The minimum atomic E-state index is -1.04. The molecule has 1 saturated heterocycles. The Morgan fingerprint density at radius 1 is 1.19 bits per heavy atom. The zero-order valence-corrected chi connectivity index (χ0v) is 17.6. The van der Waals surface area contributed by atoms with Crippen LogP contribution in [0.2, 0.25) is 5.02 Å². The number of nitrogens with zero attached hydrogens (tertiary/aromatic N) is 1. The largest absolute Gasteiger partial charge is 0.478 e. The van der Waals surface area contributed by atoms with Gasteiger partial charge in [-0.1, -0.05) is 27.5 Å². The molecule has 0 aliphatic carbocycles. The number of nitrogens with one attached hydrogen (secondary N) is 1. The maximum atomic E-state index is 12.7. The molecule has 2 aromatic rings. The van der Waals surface area contributed by atoms with Gasteiger partial charge < -0.3 is 19.7 Å². The zero-order chi connectivity index (χ0) is 19.4. The minimum Gasteiger partial charge on any atom is -0.478 e. The lowest BCUT2D eigenvalue weighted by Gasteiger charge is -2.30. The van der Waals surface area contributed by atoms with Crippen molar-refractivity contribution in [3.05, 3.63) is 52.0 Å². The van der Waals surface area contributed by atoms with Crippen LogP contribution in [0.3, 0.4) is 0 Å². The number of ether oxygens (including phenoxy) is 2. The van der Waals surface area contributed by atoms with Crippen LogP contribution in [0, 0.1) is 0 Å². The summed E-state index contributed by atoms with van der Waals surface area (Å²) in [4.78, 5) is 14.9. The van der Waals surface area contributed by atoms with Crippen LogP contribution in [0.1, 0.15) is 13.8 Å². The average molecular weight is 454 g/mol. The van der Waals surface area contributed by atoms with Crippen LogP contribution in [0.15, 0.2) is 46.9 Å². The van der Waals surface area contributed by atoms with E-state index in [1.165, 1.54) is 0 Å². The van der Waals surface area contributed by atoms with E-state index >= 15 is 0 Å². The molecule has 1 fully saturated rings. The summed E-state index contributed by atoms with van der Waals surface area (Å²) in [6, 6.07) is 12.9. The number of carbonyl (C=O) groups excluding carboxylic acids is 1. The van der Waals surface area contributed by atoms with E-state index < -0.39 is 5.60 Å². The van der Waals surface area contributed by atoms with E-state index in [9.17, 15) is 4.79 Å². The van der Waals surface area contributed by atoms with Crippen LogP contribution in [0.25, 0.3) is 0 Å². The van der Waals surface area contributed by atoms with Crippen LogP contribution in [-0.2, 0) is 9.53 Å². The van der Waals surface area contributed by atoms with Crippen LogP contribution < -0.4 is 15.0 Å². The fourth-order valence-corrected chi connectivity index (χ4v) is 3.33. The highest BCUT2D eigenvalue weighted by Crippen LogP contribution is 2.30. The van der Waals surface area contributed by atoms with Crippen molar-refractivity contribution in [2.24, 2.45) is 0 Å². The number of halogens is 2. The van der Waals surface area contributed by atoms with Gasteiger partial charge in [0.25, 0.3) is 5.91 Å². The third-order valence-corrected chi connectivity index (χ3v) is 5.12. The molecule has 0 atom stereocenters. The lowest BCUT2D eigenvalue weighted by atomic mass is 10.1. The number of hydrogen-bond acceptors (Lipinski definition) is 4. The molecule has 5 nitrogen and oxygen atoms in total. The highest BCUT2D eigenvalue weighted by Gasteiger charge is 2.30. The van der Waals surface area contributed by atoms with Gasteiger partial charge in [-0.05, 0) is 56.3 Å². The molecule has 0 bridgehead atoms. The molecule has 1 amide bonds. The molecule has 1 aliphatic rings. The Kier molecular flexibility index (Phi) is 6.29. The van der Waals surface area contributed by atoms with E-state index in [0.29, 0.717) is 29.7 Å². The van der Waals surface area contributed by atoms with Crippen LogP contribution >= 0.6 is 27.5 Å². The van der Waals surface area contributed by atoms with Crippen molar-refractivity contribution in [1.29, 1.82) is 0 Å². The molecule has 1 N–H and O–H groups in total. The molecule has 144 valence electrons. The van der Waals surface area contributed by atoms with Crippen LogP contribution in [0.4, 0.5) is 11.4 Å². The van der Waals surface area contributed by atoms with Crippen molar-refractivity contribution >= 4 is 44.8 Å². The first kappa shape index (κ1) is 20.0. The minimum absolute atomic E-state index is 0.249. The number of rotatable bonds is 5. The fourth-order valence-electron chi connectivity index (χ4n) is 2.77. The van der Waals surface area contributed by atoms with Gasteiger partial charge in [-0.2, -0.15) is 0 Å². The first-order valence-corrected chi connectivity index (χ1v) is 9.90. The standard InChI is InChI=1S/C20H22BrClN2O3/c1-20(2,27-16-6-3-14(21)4-7-16)19(25)23-15-5-8-18(17(22)13-15)24-9-11-26-12-10-24/h3-8,13H,9-12H2,1-2H3,(H,23,25). The van der Waals surface area contributed by atoms with Crippen molar-refractivity contribution in [2.75, 3.05) is 36.5 Å². The molecule has 0 saturated carbocycles. The molecule has 0 spiro atoms. The van der Waals surface area contributed by atoms with E-state index in [2.05, 4.69) is 26.1 Å². The number of morpholine rings is 1. The normalized spacial score (nSPS) is 14.7. The van der Waals surface area contributed by atoms with Gasteiger partial charge in [0.2, 0.25) is 0 Å². The molecule has 2 aromatic carbocycles. The molecule has 1 heterocycles. The summed E-state index contributed by atoms with van der Waals surface area (Å²) in [5, 5.41) is 3.48. The Bertz CT molecular complexity index is 805. The summed E-state index contributed by atoms with van der Waals surface area (Å²) in [5.41, 5.74) is 0.543. The third-order valence-electron chi connectivity index (χ3n) is 4.29. The Balaban J connectivity index is 1.67. The van der Waals surface area contributed by atoms with Gasteiger partial charge in [-0.25, -0.2) is 0 Å². The highest BCUT2D eigenvalue weighted by atomic mass is 79.9. The second-order valence-corrected chi connectivity index (χ2v) is 8.11. The molecule has 27 heavy (non-hydrogen) atoms. The fraction of sp³-hybridized carbons (Fsp3) is 0.350. The Morgan fingerprint density at radius 3 is 2.48 bits per heavy atom. The monoisotopic (exact) mass is 452 g/mol. The van der Waals surface area contributed by atoms with E-state index in [0.717, 1.165) is 23.2 Å². The lowest BCUT2D eigenvalue weighted by molar-refractivity contribution is -0.128. The average Bonchev–Trinajstić information content (AvgIpc) is 2.64.